The number of benzene rings is 2. The van der Waals surface area contributed by atoms with E-state index >= 15 is 0 Å². The van der Waals surface area contributed by atoms with Crippen LogP contribution >= 0.6 is 69.6 Å². The summed E-state index contributed by atoms with van der Waals surface area (Å²) in [6.45, 7) is 0. The quantitative estimate of drug-likeness (QED) is 0.332. The smallest absolute Gasteiger partial charge is 1.00 e. The van der Waals surface area contributed by atoms with Crippen LogP contribution in [0.4, 0.5) is 0 Å². The maximum absolute atomic E-state index is 5.67. The van der Waals surface area contributed by atoms with Crippen LogP contribution in [0.15, 0.2) is 24.3 Å². The van der Waals surface area contributed by atoms with Crippen molar-refractivity contribution < 1.29 is 50.7 Å². The Balaban J connectivity index is -0.000000308. The molecule has 0 aliphatic carbocycles. The van der Waals surface area contributed by atoms with E-state index in [1.165, 1.54) is 0 Å². The van der Waals surface area contributed by atoms with Crippen LogP contribution in [0, 0.1) is 12.1 Å². The predicted molar refractivity (Wildman–Crippen MR) is 89.7 cm³/mol. The van der Waals surface area contributed by atoms with Crippen molar-refractivity contribution in [3.8, 4) is 0 Å². The van der Waals surface area contributed by atoms with Gasteiger partial charge in [0.05, 0.1) is 0 Å². The Morgan fingerprint density at radius 3 is 1.22 bits per heavy atom. The molecule has 0 aliphatic rings. The Labute approximate surface area is 197 Å². The summed E-state index contributed by atoms with van der Waals surface area (Å²) < 4.78 is 0. The van der Waals surface area contributed by atoms with E-state index < -0.39 is 0 Å². The van der Waals surface area contributed by atoms with Gasteiger partial charge >= 0.3 is 38.3 Å². The maximum atomic E-state index is 5.67. The molecule has 2 aromatic carbocycles. The van der Waals surface area contributed by atoms with Crippen LogP contribution in [0.2, 0.25) is 20.1 Å². The van der Waals surface area contributed by atoms with E-state index in [1.54, 1.807) is 24.3 Å². The van der Waals surface area contributed by atoms with Crippen molar-refractivity contribution in [3.05, 3.63) is 67.6 Å². The molecule has 0 fully saturated rings. The van der Waals surface area contributed by atoms with E-state index in [9.17, 15) is 0 Å². The largest absolute Gasteiger partial charge is 2.00 e. The molecule has 0 N–H and O–H groups in total. The summed E-state index contributed by atoms with van der Waals surface area (Å²) in [5.41, 5.74) is 1.64. The summed E-state index contributed by atoms with van der Waals surface area (Å²) in [5.74, 6) is 0.778. The minimum atomic E-state index is 0. The summed E-state index contributed by atoms with van der Waals surface area (Å²) >= 11 is 33.6. The zero-order valence-electron chi connectivity index (χ0n) is 12.1. The fraction of sp³-hybridized carbons (Fsp3) is 0.143. The van der Waals surface area contributed by atoms with Crippen LogP contribution in [0.1, 0.15) is 11.1 Å². The molecule has 0 unspecified atom stereocenters. The van der Waals surface area contributed by atoms with Crippen LogP contribution < -0.4 is 31.3 Å². The van der Waals surface area contributed by atoms with Gasteiger partial charge < -0.3 is 12.4 Å². The molecule has 0 radical (unpaired) electrons. The topological polar surface area (TPSA) is 0 Å². The van der Waals surface area contributed by atoms with Gasteiger partial charge in [0.2, 0.25) is 0 Å². The van der Waals surface area contributed by atoms with E-state index in [2.05, 4.69) is 12.1 Å². The molecule has 9 heteroatoms. The second-order valence-corrected chi connectivity index (χ2v) is 5.83. The zero-order chi connectivity index (χ0) is 15.1. The van der Waals surface area contributed by atoms with Gasteiger partial charge in [0.15, 0.2) is 0 Å². The van der Waals surface area contributed by atoms with Gasteiger partial charge in [-0.25, -0.2) is 0 Å². The Hall–Kier alpha value is 1.69. The van der Waals surface area contributed by atoms with Crippen molar-refractivity contribution in [1.82, 2.24) is 0 Å². The van der Waals surface area contributed by atoms with E-state index in [0.717, 1.165) is 11.1 Å². The molecule has 0 aromatic heterocycles. The molecule has 0 amide bonds. The Kier molecular flexibility index (Phi) is 20.4. The second-order valence-electron chi connectivity index (χ2n) is 3.61. The van der Waals surface area contributed by atoms with Crippen LogP contribution in [0.25, 0.3) is 0 Å². The monoisotopic (exact) mass is 492 g/mol. The Bertz CT molecular complexity index is 489. The number of rotatable bonds is 2. The van der Waals surface area contributed by atoms with Crippen molar-refractivity contribution in [2.24, 2.45) is 0 Å². The summed E-state index contributed by atoms with van der Waals surface area (Å²) in [5, 5.41) is 2.20. The van der Waals surface area contributed by atoms with Gasteiger partial charge in [-0.15, -0.1) is 105 Å². The van der Waals surface area contributed by atoms with Gasteiger partial charge in [0.25, 0.3) is 0 Å². The van der Waals surface area contributed by atoms with Gasteiger partial charge in [0.1, 0.15) is 0 Å². The third kappa shape index (κ3) is 12.6. The predicted octanol–water partition coefficient (Wildman–Crippen LogP) is 1.07. The third-order valence-corrected chi connectivity index (χ3v) is 3.42. The van der Waals surface area contributed by atoms with Crippen LogP contribution in [0.5, 0.6) is 0 Å². The molecule has 0 atom stereocenters. The first-order valence-electron chi connectivity index (χ1n) is 5.31. The number of hydrogen-bond acceptors (Lipinski definition) is 0. The average Bonchev–Trinajstić information content (AvgIpc) is 2.37. The molecule has 0 bridgehead atoms. The van der Waals surface area contributed by atoms with Crippen molar-refractivity contribution in [2.45, 2.75) is 11.8 Å². The van der Waals surface area contributed by atoms with Crippen molar-refractivity contribution >= 4 is 69.6 Å². The van der Waals surface area contributed by atoms with Crippen molar-refractivity contribution in [1.29, 1.82) is 0 Å². The molecule has 0 spiro atoms. The minimum absolute atomic E-state index is 0. The molecule has 2 rings (SSSR count). The van der Waals surface area contributed by atoms with Gasteiger partial charge in [-0.2, -0.15) is 12.1 Å². The van der Waals surface area contributed by atoms with E-state index in [1.807, 2.05) is 0 Å². The molecule has 116 valence electrons. The van der Waals surface area contributed by atoms with Gasteiger partial charge in [-0.05, 0) is 0 Å². The van der Waals surface area contributed by atoms with Gasteiger partial charge in [-0.3, -0.25) is 0 Å². The average molecular weight is 497 g/mol. The van der Waals surface area contributed by atoms with Crippen LogP contribution in [-0.2, 0) is 31.2 Å². The number of hydrogen-bond donors (Lipinski definition) is 0. The second kappa shape index (κ2) is 15.9. The summed E-state index contributed by atoms with van der Waals surface area (Å²) in [7, 11) is 0. The molecule has 0 aliphatic heterocycles. The Morgan fingerprint density at radius 1 is 0.696 bits per heavy atom. The molecule has 0 nitrogen and oxygen atoms in total. The van der Waals surface area contributed by atoms with Crippen LogP contribution in [0.3, 0.4) is 0 Å². The summed E-state index contributed by atoms with van der Waals surface area (Å²) in [6, 6.07) is 12.4. The zero-order valence-corrected chi connectivity index (χ0v) is 20.3. The van der Waals surface area contributed by atoms with E-state index in [0.29, 0.717) is 31.9 Å². The summed E-state index contributed by atoms with van der Waals surface area (Å²) in [4.78, 5) is 0. The number of alkyl halides is 2. The van der Waals surface area contributed by atoms with Crippen LogP contribution in [-0.4, -0.2) is 0 Å². The first-order valence-corrected chi connectivity index (χ1v) is 7.89. The molecule has 2 aromatic rings. The van der Waals surface area contributed by atoms with Gasteiger partial charge in [0, 0.05) is 11.8 Å². The van der Waals surface area contributed by atoms with E-state index in [4.69, 9.17) is 69.6 Å². The van der Waals surface area contributed by atoms with Crippen molar-refractivity contribution in [3.63, 3.8) is 0 Å². The first-order chi connectivity index (χ1) is 9.44. The van der Waals surface area contributed by atoms with E-state index in [-0.39, 0.29) is 50.7 Å². The van der Waals surface area contributed by atoms with Crippen molar-refractivity contribution in [2.75, 3.05) is 0 Å². The molecular weight excluding hydrogens is 489 g/mol. The third-order valence-electron chi connectivity index (χ3n) is 2.00. The normalized spacial score (nSPS) is 8.61. The molecule has 0 saturated carbocycles. The molecular formula is C14H8Cl7LiZn. The fourth-order valence-corrected chi connectivity index (χ4v) is 2.61. The Morgan fingerprint density at radius 2 is 1.00 bits per heavy atom. The standard InChI is InChI=1S/2C7H4Cl3.ClH.Li.Zn/c2*8-4-5-1-6(9)3-7(10)2-5;;;/h2*1,3H,4H2;1H;;/q2*-1;;+1;+2/p-1. The van der Waals surface area contributed by atoms with Gasteiger partial charge in [-0.1, -0.05) is 20.1 Å². The maximum Gasteiger partial charge on any atom is 2.00 e. The first kappa shape index (κ1) is 29.5. The fourth-order valence-electron chi connectivity index (χ4n) is 1.25. The molecule has 23 heavy (non-hydrogen) atoms. The molecule has 0 saturated heterocycles. The minimum Gasteiger partial charge on any atom is -1.00 e. The SMILES string of the molecule is ClCc1[c-]c(Cl)cc(Cl)c1.ClCc1[c-]c(Cl)cc(Cl)c1.[Cl-].[Li+].[Zn+2]. The summed E-state index contributed by atoms with van der Waals surface area (Å²) in [6.07, 6.45) is 0. The molecule has 0 heterocycles. The number of halogens is 7.